The molecule has 0 radical (unpaired) electrons. The van der Waals surface area contributed by atoms with Crippen molar-refractivity contribution in [2.45, 2.75) is 0 Å². The Morgan fingerprint density at radius 3 is 2.65 bits per heavy atom. The zero-order valence-corrected chi connectivity index (χ0v) is 11.7. The topological polar surface area (TPSA) is 67.6 Å². The van der Waals surface area contributed by atoms with Gasteiger partial charge in [-0.3, -0.25) is 4.57 Å². The van der Waals surface area contributed by atoms with Gasteiger partial charge in [-0.2, -0.15) is 5.26 Å². The van der Waals surface area contributed by atoms with Crippen molar-refractivity contribution < 1.29 is 0 Å². The molecule has 6 heteroatoms. The van der Waals surface area contributed by atoms with Crippen molar-refractivity contribution in [1.29, 1.82) is 5.26 Å². The summed E-state index contributed by atoms with van der Waals surface area (Å²) < 4.78 is 1.73. The van der Waals surface area contributed by atoms with Gasteiger partial charge in [0.15, 0.2) is 0 Å². The maximum Gasteiger partial charge on any atom is 0.205 e. The van der Waals surface area contributed by atoms with E-state index in [1.807, 2.05) is 6.07 Å². The van der Waals surface area contributed by atoms with Gasteiger partial charge in [-0.15, -0.1) is 0 Å². The first-order valence-corrected chi connectivity index (χ1v) is 6.50. The highest BCUT2D eigenvalue weighted by molar-refractivity contribution is 6.42. The molecule has 4 nitrogen and oxygen atoms in total. The summed E-state index contributed by atoms with van der Waals surface area (Å²) in [4.78, 5) is 4.25. The lowest BCUT2D eigenvalue weighted by atomic mass is 10.2. The molecule has 0 fully saturated rings. The number of imidazole rings is 1. The number of aromatic nitrogens is 2. The lowest BCUT2D eigenvalue weighted by Crippen LogP contribution is -2.00. The SMILES string of the molecule is N#Cc1cccc2c1nc(N)n2-c1ccc(Cl)c(Cl)c1. The standard InChI is InChI=1S/C14H8Cl2N4/c15-10-5-4-9(6-11(10)16)20-12-3-1-2-8(7-17)13(12)19-14(20)18/h1-6H,(H2,18,19). The van der Waals surface area contributed by atoms with Crippen LogP contribution in [0.5, 0.6) is 0 Å². The number of rotatable bonds is 1. The van der Waals surface area contributed by atoms with Crippen molar-refractivity contribution in [3.8, 4) is 11.8 Å². The second-order valence-electron chi connectivity index (χ2n) is 4.19. The monoisotopic (exact) mass is 302 g/mol. The predicted molar refractivity (Wildman–Crippen MR) is 80.2 cm³/mol. The Labute approximate surface area is 125 Å². The van der Waals surface area contributed by atoms with Crippen molar-refractivity contribution >= 4 is 40.2 Å². The van der Waals surface area contributed by atoms with Crippen LogP contribution < -0.4 is 5.73 Å². The molecule has 20 heavy (non-hydrogen) atoms. The van der Waals surface area contributed by atoms with Crippen molar-refractivity contribution in [3.05, 3.63) is 52.0 Å². The van der Waals surface area contributed by atoms with Crippen LogP contribution in [0.2, 0.25) is 10.0 Å². The minimum Gasteiger partial charge on any atom is -0.369 e. The van der Waals surface area contributed by atoms with E-state index in [1.165, 1.54) is 0 Å². The molecule has 0 unspecified atom stereocenters. The largest absolute Gasteiger partial charge is 0.369 e. The molecule has 3 aromatic rings. The second-order valence-corrected chi connectivity index (χ2v) is 5.00. The molecule has 2 aromatic carbocycles. The summed E-state index contributed by atoms with van der Waals surface area (Å²) in [6, 6.07) is 12.6. The van der Waals surface area contributed by atoms with Crippen LogP contribution in [0.1, 0.15) is 5.56 Å². The van der Waals surface area contributed by atoms with E-state index >= 15 is 0 Å². The van der Waals surface area contributed by atoms with E-state index in [1.54, 1.807) is 34.9 Å². The lowest BCUT2D eigenvalue weighted by molar-refractivity contribution is 1.11. The van der Waals surface area contributed by atoms with E-state index in [0.717, 1.165) is 11.2 Å². The van der Waals surface area contributed by atoms with Crippen LogP contribution in [0.15, 0.2) is 36.4 Å². The zero-order chi connectivity index (χ0) is 14.3. The van der Waals surface area contributed by atoms with Gasteiger partial charge in [0.05, 0.1) is 26.8 Å². The van der Waals surface area contributed by atoms with Gasteiger partial charge in [0, 0.05) is 0 Å². The molecule has 0 aliphatic rings. The summed E-state index contributed by atoms with van der Waals surface area (Å²) in [5, 5.41) is 10.0. The number of hydrogen-bond acceptors (Lipinski definition) is 3. The predicted octanol–water partition coefficient (Wildman–Crippen LogP) is 3.79. The first-order chi connectivity index (χ1) is 9.61. The minimum absolute atomic E-state index is 0.293. The number of anilines is 1. The van der Waals surface area contributed by atoms with Gasteiger partial charge in [0.2, 0.25) is 5.95 Å². The number of para-hydroxylation sites is 1. The molecular formula is C14H8Cl2N4. The highest BCUT2D eigenvalue weighted by atomic mass is 35.5. The average Bonchev–Trinajstić information content (AvgIpc) is 2.78. The van der Waals surface area contributed by atoms with Crippen molar-refractivity contribution in [1.82, 2.24) is 9.55 Å². The maximum absolute atomic E-state index is 9.11. The third kappa shape index (κ3) is 1.88. The van der Waals surface area contributed by atoms with E-state index in [-0.39, 0.29) is 0 Å². The number of benzene rings is 2. The number of nitriles is 1. The number of hydrogen-bond donors (Lipinski definition) is 1. The fourth-order valence-electron chi connectivity index (χ4n) is 2.10. The molecule has 0 saturated heterocycles. The van der Waals surface area contributed by atoms with Crippen LogP contribution in [0.25, 0.3) is 16.7 Å². The Kier molecular flexibility index (Phi) is 3.01. The van der Waals surface area contributed by atoms with Gasteiger partial charge in [-0.05, 0) is 30.3 Å². The molecule has 0 spiro atoms. The Morgan fingerprint density at radius 1 is 1.15 bits per heavy atom. The second kappa shape index (κ2) is 4.71. The summed E-state index contributed by atoms with van der Waals surface area (Å²) in [6.07, 6.45) is 0. The summed E-state index contributed by atoms with van der Waals surface area (Å²) in [6.45, 7) is 0. The molecule has 1 aromatic heterocycles. The highest BCUT2D eigenvalue weighted by Gasteiger charge is 2.13. The molecule has 0 saturated carbocycles. The summed E-state index contributed by atoms with van der Waals surface area (Å²) >= 11 is 12.0. The van der Waals surface area contributed by atoms with E-state index in [0.29, 0.717) is 27.1 Å². The van der Waals surface area contributed by atoms with Gasteiger partial charge in [0.25, 0.3) is 0 Å². The van der Waals surface area contributed by atoms with Gasteiger partial charge >= 0.3 is 0 Å². The summed E-state index contributed by atoms with van der Waals surface area (Å²) in [7, 11) is 0. The number of halogens is 2. The van der Waals surface area contributed by atoms with Crippen LogP contribution >= 0.6 is 23.2 Å². The molecular weight excluding hydrogens is 295 g/mol. The van der Waals surface area contributed by atoms with Gasteiger partial charge in [-0.1, -0.05) is 29.3 Å². The Balaban J connectivity index is 2.34. The molecule has 0 aliphatic carbocycles. The highest BCUT2D eigenvalue weighted by Crippen LogP contribution is 2.29. The molecule has 0 atom stereocenters. The quantitative estimate of drug-likeness (QED) is 0.743. The van der Waals surface area contributed by atoms with E-state index in [2.05, 4.69) is 11.1 Å². The lowest BCUT2D eigenvalue weighted by Gasteiger charge is -2.07. The van der Waals surface area contributed by atoms with Crippen molar-refractivity contribution in [2.24, 2.45) is 0 Å². The Hall–Kier alpha value is -2.22. The molecule has 0 aliphatic heterocycles. The maximum atomic E-state index is 9.11. The third-order valence-corrected chi connectivity index (χ3v) is 3.73. The van der Waals surface area contributed by atoms with Crippen LogP contribution in [0.4, 0.5) is 5.95 Å². The van der Waals surface area contributed by atoms with Crippen LogP contribution in [0, 0.1) is 11.3 Å². The number of nitrogens with zero attached hydrogens (tertiary/aromatic N) is 3. The van der Waals surface area contributed by atoms with Gasteiger partial charge < -0.3 is 5.73 Å². The smallest absolute Gasteiger partial charge is 0.205 e. The molecule has 0 bridgehead atoms. The summed E-state index contributed by atoms with van der Waals surface area (Å²) in [5.41, 5.74) is 8.51. The zero-order valence-electron chi connectivity index (χ0n) is 10.1. The number of nitrogens with two attached hydrogens (primary N) is 1. The normalized spacial score (nSPS) is 10.7. The van der Waals surface area contributed by atoms with Crippen LogP contribution in [-0.4, -0.2) is 9.55 Å². The van der Waals surface area contributed by atoms with E-state index in [9.17, 15) is 0 Å². The van der Waals surface area contributed by atoms with Crippen molar-refractivity contribution in [2.75, 3.05) is 5.73 Å². The van der Waals surface area contributed by atoms with Crippen LogP contribution in [0.3, 0.4) is 0 Å². The summed E-state index contributed by atoms with van der Waals surface area (Å²) in [5.74, 6) is 0.293. The van der Waals surface area contributed by atoms with E-state index in [4.69, 9.17) is 34.2 Å². The first kappa shape index (κ1) is 12.8. The molecule has 1 heterocycles. The van der Waals surface area contributed by atoms with Crippen molar-refractivity contribution in [3.63, 3.8) is 0 Å². The van der Waals surface area contributed by atoms with Gasteiger partial charge in [-0.25, -0.2) is 4.98 Å². The number of nitrogen functional groups attached to an aromatic ring is 1. The Bertz CT molecular complexity index is 861. The molecule has 98 valence electrons. The molecule has 0 amide bonds. The molecule has 3 rings (SSSR count). The third-order valence-electron chi connectivity index (χ3n) is 2.99. The van der Waals surface area contributed by atoms with Crippen LogP contribution in [-0.2, 0) is 0 Å². The average molecular weight is 303 g/mol. The number of fused-ring (bicyclic) bond motifs is 1. The minimum atomic E-state index is 0.293. The fraction of sp³-hybridized carbons (Fsp3) is 0. The molecule has 2 N–H and O–H groups in total. The first-order valence-electron chi connectivity index (χ1n) is 5.74. The van der Waals surface area contributed by atoms with E-state index < -0.39 is 0 Å². The Morgan fingerprint density at radius 2 is 1.95 bits per heavy atom. The van der Waals surface area contributed by atoms with Gasteiger partial charge in [0.1, 0.15) is 11.6 Å². The fourth-order valence-corrected chi connectivity index (χ4v) is 2.40.